The lowest BCUT2D eigenvalue weighted by molar-refractivity contribution is 0.0751. The number of ether oxygens (including phenoxy) is 2. The average molecular weight is 333 g/mol. The van der Waals surface area contributed by atoms with Gasteiger partial charge in [-0.1, -0.05) is 6.07 Å². The van der Waals surface area contributed by atoms with Crippen LogP contribution in [-0.2, 0) is 6.54 Å². The van der Waals surface area contributed by atoms with Crippen molar-refractivity contribution < 1.29 is 23.0 Å². The summed E-state index contributed by atoms with van der Waals surface area (Å²) in [6.07, 6.45) is 0. The molecule has 0 aliphatic carbocycles. The fraction of sp³-hybridized carbons (Fsp3) is 0.278. The summed E-state index contributed by atoms with van der Waals surface area (Å²) in [6, 6.07) is 8.28. The largest absolute Gasteiger partial charge is 0.486 e. The molecule has 1 aliphatic rings. The van der Waals surface area contributed by atoms with Crippen LogP contribution in [0.4, 0.5) is 8.78 Å². The maximum atomic E-state index is 13.3. The summed E-state index contributed by atoms with van der Waals surface area (Å²) in [5, 5.41) is 0. The number of carbonyl (C=O) groups is 1. The highest BCUT2D eigenvalue weighted by molar-refractivity contribution is 5.94. The van der Waals surface area contributed by atoms with Gasteiger partial charge in [-0.2, -0.15) is 0 Å². The van der Waals surface area contributed by atoms with E-state index in [0.717, 1.165) is 23.8 Å². The molecular weight excluding hydrogens is 316 g/mol. The Morgan fingerprint density at radius 3 is 2.38 bits per heavy atom. The summed E-state index contributed by atoms with van der Waals surface area (Å²) < 4.78 is 37.7. The molecule has 2 aromatic carbocycles. The molecule has 0 N–H and O–H groups in total. The number of fused-ring (bicyclic) bond motifs is 1. The number of halogens is 2. The highest BCUT2D eigenvalue weighted by atomic mass is 19.1. The molecule has 0 radical (unpaired) electrons. The van der Waals surface area contributed by atoms with Crippen molar-refractivity contribution in [1.82, 2.24) is 4.90 Å². The third-order valence-electron chi connectivity index (χ3n) is 3.76. The number of hydrogen-bond donors (Lipinski definition) is 0. The molecule has 1 aliphatic heterocycles. The Morgan fingerprint density at radius 2 is 1.71 bits per heavy atom. The topological polar surface area (TPSA) is 38.8 Å². The van der Waals surface area contributed by atoms with E-state index in [0.29, 0.717) is 37.8 Å². The molecule has 0 unspecified atom stereocenters. The molecule has 24 heavy (non-hydrogen) atoms. The second kappa shape index (κ2) is 6.86. The van der Waals surface area contributed by atoms with Gasteiger partial charge in [-0.15, -0.1) is 0 Å². The van der Waals surface area contributed by atoms with E-state index in [1.165, 1.54) is 4.90 Å². The third-order valence-corrected chi connectivity index (χ3v) is 3.76. The van der Waals surface area contributed by atoms with Crippen LogP contribution in [0, 0.1) is 11.6 Å². The Kier molecular flexibility index (Phi) is 4.64. The summed E-state index contributed by atoms with van der Waals surface area (Å²) in [5.74, 6) is -0.654. The zero-order chi connectivity index (χ0) is 17.1. The zero-order valence-corrected chi connectivity index (χ0v) is 13.2. The highest BCUT2D eigenvalue weighted by Gasteiger charge is 2.18. The molecular formula is C18H17F2NO3. The van der Waals surface area contributed by atoms with E-state index in [1.807, 2.05) is 19.1 Å². The van der Waals surface area contributed by atoms with Crippen LogP contribution < -0.4 is 9.47 Å². The Hall–Kier alpha value is -2.63. The van der Waals surface area contributed by atoms with E-state index in [1.54, 1.807) is 6.07 Å². The normalized spacial score (nSPS) is 12.8. The van der Waals surface area contributed by atoms with Crippen molar-refractivity contribution in [2.45, 2.75) is 13.5 Å². The van der Waals surface area contributed by atoms with Crippen LogP contribution in [0.2, 0.25) is 0 Å². The number of carbonyl (C=O) groups excluding carboxylic acids is 1. The Bertz CT molecular complexity index is 744. The van der Waals surface area contributed by atoms with Gasteiger partial charge >= 0.3 is 0 Å². The maximum Gasteiger partial charge on any atom is 0.254 e. The summed E-state index contributed by atoms with van der Waals surface area (Å²) >= 11 is 0. The van der Waals surface area contributed by atoms with Crippen LogP contribution in [0.5, 0.6) is 11.5 Å². The molecule has 0 saturated heterocycles. The Balaban J connectivity index is 1.80. The molecule has 0 bridgehead atoms. The first kappa shape index (κ1) is 16.2. The SMILES string of the molecule is CCN(Cc1ccc2c(c1)OCCO2)C(=O)c1cc(F)cc(F)c1. The van der Waals surface area contributed by atoms with E-state index in [-0.39, 0.29) is 5.56 Å². The smallest absolute Gasteiger partial charge is 0.254 e. The number of rotatable bonds is 4. The zero-order valence-electron chi connectivity index (χ0n) is 13.2. The number of nitrogens with zero attached hydrogens (tertiary/aromatic N) is 1. The van der Waals surface area contributed by atoms with Crippen LogP contribution in [0.15, 0.2) is 36.4 Å². The second-order valence-corrected chi connectivity index (χ2v) is 5.46. The Labute approximate surface area is 138 Å². The molecule has 126 valence electrons. The van der Waals surface area contributed by atoms with E-state index >= 15 is 0 Å². The fourth-order valence-corrected chi connectivity index (χ4v) is 2.59. The van der Waals surface area contributed by atoms with Crippen LogP contribution in [-0.4, -0.2) is 30.6 Å². The van der Waals surface area contributed by atoms with Gasteiger partial charge in [0, 0.05) is 24.7 Å². The lowest BCUT2D eigenvalue weighted by atomic mass is 10.1. The van der Waals surface area contributed by atoms with Gasteiger partial charge < -0.3 is 14.4 Å². The quantitative estimate of drug-likeness (QED) is 0.861. The molecule has 1 amide bonds. The summed E-state index contributed by atoms with van der Waals surface area (Å²) in [4.78, 5) is 14.0. The molecule has 1 heterocycles. The van der Waals surface area contributed by atoms with Crippen molar-refractivity contribution in [2.75, 3.05) is 19.8 Å². The number of benzene rings is 2. The van der Waals surface area contributed by atoms with Crippen molar-refractivity contribution >= 4 is 5.91 Å². The molecule has 6 heteroatoms. The molecule has 3 rings (SSSR count). The second-order valence-electron chi connectivity index (χ2n) is 5.46. The standard InChI is InChI=1S/C18H17F2NO3/c1-2-21(18(22)13-8-14(19)10-15(20)9-13)11-12-3-4-16-17(7-12)24-6-5-23-16/h3-4,7-10H,2,5-6,11H2,1H3. The van der Waals surface area contributed by atoms with Gasteiger partial charge in [0.15, 0.2) is 11.5 Å². The van der Waals surface area contributed by atoms with E-state index in [2.05, 4.69) is 0 Å². The molecule has 0 spiro atoms. The van der Waals surface area contributed by atoms with Crippen molar-refractivity contribution in [1.29, 1.82) is 0 Å². The van der Waals surface area contributed by atoms with Gasteiger partial charge in [-0.3, -0.25) is 4.79 Å². The van der Waals surface area contributed by atoms with Crippen LogP contribution >= 0.6 is 0 Å². The molecule has 0 fully saturated rings. The lowest BCUT2D eigenvalue weighted by Crippen LogP contribution is -2.30. The molecule has 2 aromatic rings. The lowest BCUT2D eigenvalue weighted by Gasteiger charge is -2.23. The van der Waals surface area contributed by atoms with Gasteiger partial charge in [-0.05, 0) is 36.8 Å². The van der Waals surface area contributed by atoms with E-state index in [4.69, 9.17) is 9.47 Å². The molecule has 0 atom stereocenters. The monoisotopic (exact) mass is 333 g/mol. The summed E-state index contributed by atoms with van der Waals surface area (Å²) in [7, 11) is 0. The third kappa shape index (κ3) is 3.48. The van der Waals surface area contributed by atoms with E-state index in [9.17, 15) is 13.6 Å². The van der Waals surface area contributed by atoms with Crippen molar-refractivity contribution in [3.8, 4) is 11.5 Å². The number of hydrogen-bond acceptors (Lipinski definition) is 3. The van der Waals surface area contributed by atoms with Gasteiger partial charge in [0.1, 0.15) is 24.8 Å². The van der Waals surface area contributed by atoms with Crippen molar-refractivity contribution in [3.05, 3.63) is 59.2 Å². The minimum absolute atomic E-state index is 0.00751. The maximum absolute atomic E-state index is 13.3. The Morgan fingerprint density at radius 1 is 1.04 bits per heavy atom. The van der Waals surface area contributed by atoms with Gasteiger partial charge in [-0.25, -0.2) is 8.78 Å². The summed E-state index contributed by atoms with van der Waals surface area (Å²) in [6.45, 7) is 3.52. The van der Waals surface area contributed by atoms with Crippen LogP contribution in [0.1, 0.15) is 22.8 Å². The molecule has 0 saturated carbocycles. The first-order valence-corrected chi connectivity index (χ1v) is 7.70. The van der Waals surface area contributed by atoms with Gasteiger partial charge in [0.05, 0.1) is 0 Å². The molecule has 4 nitrogen and oxygen atoms in total. The highest BCUT2D eigenvalue weighted by Crippen LogP contribution is 2.31. The minimum Gasteiger partial charge on any atom is -0.486 e. The average Bonchev–Trinajstić information content (AvgIpc) is 2.58. The first-order chi connectivity index (χ1) is 11.6. The molecule has 0 aromatic heterocycles. The minimum atomic E-state index is -0.770. The number of amides is 1. The summed E-state index contributed by atoms with van der Waals surface area (Å²) in [5.41, 5.74) is 0.846. The predicted molar refractivity (Wildman–Crippen MR) is 84.2 cm³/mol. The van der Waals surface area contributed by atoms with Crippen LogP contribution in [0.3, 0.4) is 0 Å². The first-order valence-electron chi connectivity index (χ1n) is 7.70. The van der Waals surface area contributed by atoms with Crippen molar-refractivity contribution in [2.24, 2.45) is 0 Å². The van der Waals surface area contributed by atoms with E-state index < -0.39 is 17.5 Å². The van der Waals surface area contributed by atoms with Crippen molar-refractivity contribution in [3.63, 3.8) is 0 Å². The predicted octanol–water partition coefficient (Wildman–Crippen LogP) is 3.40. The van der Waals surface area contributed by atoms with Gasteiger partial charge in [0.2, 0.25) is 0 Å². The van der Waals surface area contributed by atoms with Crippen LogP contribution in [0.25, 0.3) is 0 Å². The fourth-order valence-electron chi connectivity index (χ4n) is 2.59. The van der Waals surface area contributed by atoms with Gasteiger partial charge in [0.25, 0.3) is 5.91 Å².